The number of amides is 12. The molecule has 7 saturated carbocycles. The molecule has 6 saturated heterocycles. The maximum Gasteiger partial charge on any atom is 0.234 e. The van der Waals surface area contributed by atoms with Crippen LogP contribution in [0.4, 0.5) is 0 Å². The standard InChI is InChI=1S/C38H55BN2O4.C38H49BN2O4.C29H39BN2O4/c2*1-8-21-17-23(15-16-24-18-22(9-2)32-34(24)38(45)41(20-39)37(32)44)33-31(21)35(42)40(36(33)43)19-30-28(13-6)26(11-4)25(10-3)27(12-5)29(30)14-7;1-6-17-13-19(23-21(17)25(33)31(26(23)34)15-29(8-3,9-4)10-5)11-12-20-14-18(7-2)22-24(20)28(36)32(16-30)27(22)35/h8-9,15-16,21-34H,1-2,10-14,17-20H2,3-7H3;8-9,15-16,21-24,31-34H,1-2,10-14,17-20H2,3-7H3;6-7,11-12,17-24H,1-2,8-10,13-16H2,3-5H3/b2*16-15-;12-11-. The molecule has 1 aromatic carbocycles. The summed E-state index contributed by atoms with van der Waals surface area (Å²) >= 11 is 0. The molecule has 13 fully saturated rings. The summed E-state index contributed by atoms with van der Waals surface area (Å²) in [6.07, 6.45) is 39.9. The van der Waals surface area contributed by atoms with Crippen molar-refractivity contribution in [3.63, 3.8) is 0 Å². The van der Waals surface area contributed by atoms with E-state index in [4.69, 9.17) is 23.5 Å². The van der Waals surface area contributed by atoms with E-state index in [9.17, 15) is 57.5 Å². The molecule has 126 heavy (non-hydrogen) atoms. The van der Waals surface area contributed by atoms with Gasteiger partial charge >= 0.3 is 0 Å². The van der Waals surface area contributed by atoms with E-state index >= 15 is 0 Å². The summed E-state index contributed by atoms with van der Waals surface area (Å²) < 4.78 is 0. The molecule has 6 radical (unpaired) electrons. The fraction of sp³-hybridized carbons (Fsp3) is 0.657. The summed E-state index contributed by atoms with van der Waals surface area (Å²) in [5.74, 6) is -4.59. The van der Waals surface area contributed by atoms with Crippen molar-refractivity contribution in [3.8, 4) is 0 Å². The van der Waals surface area contributed by atoms with Gasteiger partial charge in [-0.1, -0.05) is 195 Å². The lowest BCUT2D eigenvalue weighted by atomic mass is 9.53. The van der Waals surface area contributed by atoms with Crippen LogP contribution < -0.4 is 0 Å². The molecule has 6 heterocycles. The van der Waals surface area contributed by atoms with Gasteiger partial charge in [-0.3, -0.25) is 86.9 Å². The normalized spacial score (nSPS) is 36.8. The summed E-state index contributed by atoms with van der Waals surface area (Å²) in [6, 6.07) is 0. The summed E-state index contributed by atoms with van der Waals surface area (Å²) in [7, 11) is 17.2. The summed E-state index contributed by atoms with van der Waals surface area (Å²) in [4.78, 5) is 170. The van der Waals surface area contributed by atoms with Crippen LogP contribution in [0.5, 0.6) is 0 Å². The molecule has 0 aromatic heterocycles. The Kier molecular flexibility index (Phi) is 31.2. The first-order valence-electron chi connectivity index (χ1n) is 48.7. The van der Waals surface area contributed by atoms with Crippen LogP contribution in [0.3, 0.4) is 0 Å². The van der Waals surface area contributed by atoms with Gasteiger partial charge in [0.1, 0.15) is 0 Å². The maximum atomic E-state index is 14.3. The predicted molar refractivity (Wildman–Crippen MR) is 496 cm³/mol. The lowest BCUT2D eigenvalue weighted by Gasteiger charge is -2.53. The van der Waals surface area contributed by atoms with E-state index in [1.54, 1.807) is 28.0 Å². The second-order valence-electron chi connectivity index (χ2n) is 39.2. The average Bonchev–Trinajstić information content (AvgIpc) is 1.54. The van der Waals surface area contributed by atoms with Gasteiger partial charge in [-0.25, -0.2) is 0 Å². The van der Waals surface area contributed by atoms with E-state index in [2.05, 4.69) is 148 Å². The molecule has 0 spiro atoms. The molecular weight excluding hydrogens is 1570 g/mol. The molecule has 28 atom stereocenters. The Bertz CT molecular complexity index is 4460. The van der Waals surface area contributed by atoms with Gasteiger partial charge in [-0.15, -0.1) is 39.5 Å². The second kappa shape index (κ2) is 40.5. The molecule has 0 N–H and O–H groups in total. The molecule has 1 aromatic rings. The van der Waals surface area contributed by atoms with Crippen LogP contribution >= 0.6 is 0 Å². The minimum absolute atomic E-state index is 0.0166. The third kappa shape index (κ3) is 16.3. The zero-order valence-corrected chi connectivity index (χ0v) is 78.0. The third-order valence-corrected chi connectivity index (χ3v) is 35.0. The van der Waals surface area contributed by atoms with E-state index in [0.29, 0.717) is 93.7 Å². The first-order chi connectivity index (χ1) is 60.5. The molecule has 12 amide bonds. The van der Waals surface area contributed by atoms with Crippen LogP contribution in [-0.2, 0) is 96.2 Å². The van der Waals surface area contributed by atoms with E-state index < -0.39 is 59.2 Å². The number of fused-ring (bicyclic) bond motifs is 6. The number of allylic oxidation sites excluding steroid dienone is 12. The number of nitrogens with zero attached hydrogens (tertiary/aromatic N) is 6. The Morgan fingerprint density at radius 2 is 0.437 bits per heavy atom. The molecule has 7 aliphatic carbocycles. The van der Waals surface area contributed by atoms with Crippen molar-refractivity contribution < 1.29 is 57.5 Å². The highest BCUT2D eigenvalue weighted by Gasteiger charge is 2.65. The van der Waals surface area contributed by atoms with Crippen molar-refractivity contribution in [3.05, 3.63) is 146 Å². The Labute approximate surface area is 756 Å². The Morgan fingerprint density at radius 1 is 0.254 bits per heavy atom. The van der Waals surface area contributed by atoms with Crippen LogP contribution in [0.25, 0.3) is 0 Å². The van der Waals surface area contributed by atoms with Crippen molar-refractivity contribution >= 4 is 94.4 Å². The van der Waals surface area contributed by atoms with Gasteiger partial charge in [0, 0.05) is 13.1 Å². The van der Waals surface area contributed by atoms with Crippen LogP contribution in [0.15, 0.2) is 112 Å². The van der Waals surface area contributed by atoms with Gasteiger partial charge in [0.2, 0.25) is 70.9 Å². The number of hydrogen-bond acceptors (Lipinski definition) is 12. The highest BCUT2D eigenvalue weighted by molar-refractivity contribution is 6.17. The first-order valence-corrected chi connectivity index (χ1v) is 48.7. The van der Waals surface area contributed by atoms with Gasteiger partial charge in [0.05, 0.1) is 101 Å². The van der Waals surface area contributed by atoms with Gasteiger partial charge in [-0.05, 0) is 255 Å². The van der Waals surface area contributed by atoms with Gasteiger partial charge in [0.25, 0.3) is 0 Å². The monoisotopic (exact) mass is 1710 g/mol. The van der Waals surface area contributed by atoms with E-state index in [-0.39, 0.29) is 178 Å². The van der Waals surface area contributed by atoms with Gasteiger partial charge in [0.15, 0.2) is 0 Å². The molecule has 18 nitrogen and oxygen atoms in total. The van der Waals surface area contributed by atoms with Gasteiger partial charge in [-0.2, -0.15) is 0 Å². The summed E-state index contributed by atoms with van der Waals surface area (Å²) in [5.41, 5.74) is 7.91. The summed E-state index contributed by atoms with van der Waals surface area (Å²) in [6.45, 7) is 54.1. The van der Waals surface area contributed by atoms with Crippen molar-refractivity contribution in [2.45, 2.75) is 219 Å². The highest BCUT2D eigenvalue weighted by Crippen LogP contribution is 2.59. The van der Waals surface area contributed by atoms with E-state index in [1.807, 2.05) is 36.5 Å². The molecule has 674 valence electrons. The number of hydrogen-bond donors (Lipinski definition) is 0. The van der Waals surface area contributed by atoms with Crippen molar-refractivity contribution in [2.24, 2.45) is 183 Å². The van der Waals surface area contributed by atoms with Gasteiger partial charge < -0.3 is 0 Å². The predicted octanol–water partition coefficient (Wildman–Crippen LogP) is 15.5. The van der Waals surface area contributed by atoms with Crippen LogP contribution in [0, 0.1) is 183 Å². The van der Waals surface area contributed by atoms with Crippen molar-refractivity contribution in [1.82, 2.24) is 29.4 Å². The molecule has 14 rings (SSSR count). The largest absolute Gasteiger partial charge is 0.291 e. The van der Waals surface area contributed by atoms with E-state index in [1.165, 1.54) is 44.0 Å². The minimum Gasteiger partial charge on any atom is -0.291 e. The highest BCUT2D eigenvalue weighted by atomic mass is 16.2. The third-order valence-electron chi connectivity index (χ3n) is 35.0. The SMILES string of the molecule is [B]CN1C(=O)C2C(C=C)CC(/C=C\C3CC(C=C)C4C(=O)N(CC(CC)(CC)CC)C(=O)C34)C2C1=O.[B]CN1C(=O)C2C(C=C)CC(/C=C\C3CC(C=C)C4C(=O)N(CC5C(CC)C(CC)C(CC)C(CC)C5CC)C(=O)C34)C2C1=O.[B]CN1C(=O)C2C(C=C)CC(/C=C\C3CC(C=C)C4C(=O)N(Cc5c(CC)c(CC)c(CC)c(CC)c5CC)C(=O)C34)C2C1=O. The number of carbonyl (C=O) groups is 12. The zero-order valence-electron chi connectivity index (χ0n) is 78.0. The van der Waals surface area contributed by atoms with Crippen LogP contribution in [-0.4, -0.2) is 156 Å². The van der Waals surface area contributed by atoms with Crippen LogP contribution in [0.1, 0.15) is 213 Å². The Hall–Kier alpha value is -8.09. The minimum atomic E-state index is -0.461. The van der Waals surface area contributed by atoms with Crippen molar-refractivity contribution in [2.75, 3.05) is 32.4 Å². The number of imide groups is 6. The lowest BCUT2D eigenvalue weighted by Crippen LogP contribution is -2.51. The smallest absolute Gasteiger partial charge is 0.234 e. The molecule has 28 unspecified atom stereocenters. The fourth-order valence-electron chi connectivity index (χ4n) is 28.6. The average molecular weight is 1710 g/mol. The molecule has 0 bridgehead atoms. The topological polar surface area (TPSA) is 224 Å². The molecule has 6 aliphatic heterocycles. The zero-order chi connectivity index (χ0) is 91.8. The fourth-order valence-corrected chi connectivity index (χ4v) is 28.6. The number of rotatable bonds is 34. The number of likely N-dealkylation sites (tertiary alicyclic amines) is 6. The van der Waals surface area contributed by atoms with Crippen LogP contribution in [0.2, 0.25) is 0 Å². The van der Waals surface area contributed by atoms with Crippen molar-refractivity contribution in [1.29, 1.82) is 0 Å². The molecule has 21 heteroatoms. The number of benzene rings is 1. The Morgan fingerprint density at radius 3 is 0.627 bits per heavy atom. The Balaban J connectivity index is 0.000000173. The van der Waals surface area contributed by atoms with E-state index in [0.717, 1.165) is 92.4 Å². The molecular formula is C105H143B3N6O12. The lowest BCUT2D eigenvalue weighted by molar-refractivity contribution is -0.145. The summed E-state index contributed by atoms with van der Waals surface area (Å²) in [5, 5.41) is 0. The maximum absolute atomic E-state index is 14.3. The first kappa shape index (κ1) is 97.0. The number of carbonyl (C=O) groups excluding carboxylic acids is 12. The second-order valence-corrected chi connectivity index (χ2v) is 39.2. The molecule has 13 aliphatic rings. The quantitative estimate of drug-likeness (QED) is 0.0357.